The third-order valence-electron chi connectivity index (χ3n) is 8.24. The van der Waals surface area contributed by atoms with Gasteiger partial charge in [-0.25, -0.2) is 0 Å². The van der Waals surface area contributed by atoms with Crippen LogP contribution in [0.4, 0.5) is 22.7 Å². The van der Waals surface area contributed by atoms with Crippen LogP contribution in [-0.2, 0) is 0 Å². The number of aliphatic hydroxyl groups is 2. The van der Waals surface area contributed by atoms with Crippen molar-refractivity contribution in [3.05, 3.63) is 93.0 Å². The van der Waals surface area contributed by atoms with Crippen molar-refractivity contribution in [3.63, 3.8) is 0 Å². The van der Waals surface area contributed by atoms with Crippen LogP contribution in [0.5, 0.6) is 11.5 Å². The number of benzene rings is 3. The highest BCUT2D eigenvalue weighted by Gasteiger charge is 2.22. The third kappa shape index (κ3) is 9.26. The van der Waals surface area contributed by atoms with Gasteiger partial charge in [-0.1, -0.05) is 0 Å². The first-order valence-corrected chi connectivity index (χ1v) is 15.4. The number of nitrogens with zero attached hydrogens (tertiary/aromatic N) is 6. The van der Waals surface area contributed by atoms with Gasteiger partial charge in [0.1, 0.15) is 36.9 Å². The molecule has 2 unspecified atom stereocenters. The van der Waals surface area contributed by atoms with E-state index in [9.17, 15) is 30.4 Å². The van der Waals surface area contributed by atoms with E-state index < -0.39 is 22.1 Å². The second kappa shape index (κ2) is 15.7. The molecule has 3 aromatic carbocycles. The molecule has 2 aliphatic heterocycles. The van der Waals surface area contributed by atoms with Crippen LogP contribution in [0.25, 0.3) is 0 Å². The minimum absolute atomic E-state index is 0.0773. The molecule has 14 heteroatoms. The standard InChI is InChI=1S/C32H40N6O8/c39-29(21-33-13-17-35(18-14-33)25-1-5-27(6-2-25)37(41)42)23-45-31-9-11-32(12-10-31)46-24-30(40)22-34-15-19-36(20-16-34)26-3-7-28(8-4-26)38(43)44/h1-12,29-30,39-40H,13-24H2. The highest BCUT2D eigenvalue weighted by molar-refractivity contribution is 5.52. The van der Waals surface area contributed by atoms with E-state index in [0.29, 0.717) is 24.6 Å². The van der Waals surface area contributed by atoms with Gasteiger partial charge < -0.3 is 29.5 Å². The maximum Gasteiger partial charge on any atom is 0.269 e. The van der Waals surface area contributed by atoms with Gasteiger partial charge in [-0.05, 0) is 48.5 Å². The Morgan fingerprint density at radius 1 is 0.565 bits per heavy atom. The SMILES string of the molecule is O=[N+]([O-])c1ccc(N2CCN(CC(O)COc3ccc(OCC(O)CN4CCN(c5ccc([N+](=O)[O-])cc5)CC4)cc3)CC2)cc1. The number of hydrogen-bond donors (Lipinski definition) is 2. The lowest BCUT2D eigenvalue weighted by molar-refractivity contribution is -0.385. The summed E-state index contributed by atoms with van der Waals surface area (Å²) in [6.07, 6.45) is -1.32. The van der Waals surface area contributed by atoms with Crippen molar-refractivity contribution < 1.29 is 29.5 Å². The number of non-ortho nitro benzene ring substituents is 2. The Morgan fingerprint density at radius 3 is 1.20 bits per heavy atom. The van der Waals surface area contributed by atoms with Gasteiger partial charge in [-0.2, -0.15) is 0 Å². The zero-order valence-electron chi connectivity index (χ0n) is 25.6. The summed E-state index contributed by atoms with van der Waals surface area (Å²) in [5.74, 6) is 1.22. The van der Waals surface area contributed by atoms with E-state index >= 15 is 0 Å². The van der Waals surface area contributed by atoms with Crippen LogP contribution in [0.2, 0.25) is 0 Å². The van der Waals surface area contributed by atoms with Crippen molar-refractivity contribution in [2.24, 2.45) is 0 Å². The van der Waals surface area contributed by atoms with E-state index in [-0.39, 0.29) is 24.6 Å². The summed E-state index contributed by atoms with van der Waals surface area (Å²) in [5, 5.41) is 42.8. The second-order valence-corrected chi connectivity index (χ2v) is 11.5. The van der Waals surface area contributed by atoms with Gasteiger partial charge in [0.2, 0.25) is 0 Å². The molecule has 2 fully saturated rings. The summed E-state index contributed by atoms with van der Waals surface area (Å²) in [6.45, 7) is 7.41. The number of piperazine rings is 2. The number of nitro benzene ring substituents is 2. The fourth-order valence-corrected chi connectivity index (χ4v) is 5.67. The quantitative estimate of drug-likeness (QED) is 0.197. The Morgan fingerprint density at radius 2 is 0.891 bits per heavy atom. The molecule has 2 heterocycles. The van der Waals surface area contributed by atoms with Crippen molar-refractivity contribution in [3.8, 4) is 11.5 Å². The zero-order valence-corrected chi connectivity index (χ0v) is 25.6. The highest BCUT2D eigenvalue weighted by Crippen LogP contribution is 2.23. The number of ether oxygens (including phenoxy) is 2. The molecular weight excluding hydrogens is 596 g/mol. The molecule has 0 aromatic heterocycles. The number of β-amino-alcohol motifs (C(OH)–C–C–N with tert-alkyl or cyclic N) is 2. The van der Waals surface area contributed by atoms with Crippen molar-refractivity contribution >= 4 is 22.7 Å². The first-order chi connectivity index (χ1) is 22.2. The Labute approximate surface area is 267 Å². The van der Waals surface area contributed by atoms with E-state index in [4.69, 9.17) is 9.47 Å². The van der Waals surface area contributed by atoms with Gasteiger partial charge in [0.15, 0.2) is 0 Å². The molecule has 14 nitrogen and oxygen atoms in total. The smallest absolute Gasteiger partial charge is 0.269 e. The lowest BCUT2D eigenvalue weighted by Crippen LogP contribution is -2.49. The Balaban J connectivity index is 0.950. The summed E-state index contributed by atoms with van der Waals surface area (Å²) in [7, 11) is 0. The van der Waals surface area contributed by atoms with Gasteiger partial charge in [-0.3, -0.25) is 30.0 Å². The molecule has 5 rings (SSSR count). The summed E-state index contributed by atoms with van der Waals surface area (Å²) in [6, 6.07) is 20.2. The molecule has 0 spiro atoms. The molecule has 46 heavy (non-hydrogen) atoms. The maximum absolute atomic E-state index is 10.9. The molecule has 0 bridgehead atoms. The molecule has 0 aliphatic carbocycles. The van der Waals surface area contributed by atoms with Gasteiger partial charge in [0.25, 0.3) is 11.4 Å². The summed E-state index contributed by atoms with van der Waals surface area (Å²) < 4.78 is 11.6. The molecule has 0 radical (unpaired) electrons. The van der Waals surface area contributed by atoms with Gasteiger partial charge in [0.05, 0.1) is 9.85 Å². The fourth-order valence-electron chi connectivity index (χ4n) is 5.67. The van der Waals surface area contributed by atoms with Crippen LogP contribution in [-0.4, -0.2) is 121 Å². The van der Waals surface area contributed by atoms with E-state index in [2.05, 4.69) is 19.6 Å². The van der Waals surface area contributed by atoms with Gasteiger partial charge >= 0.3 is 0 Å². The number of anilines is 2. The normalized spacial score (nSPS) is 17.3. The molecule has 0 saturated carbocycles. The van der Waals surface area contributed by atoms with E-state index in [1.165, 1.54) is 24.3 Å². The van der Waals surface area contributed by atoms with Crippen LogP contribution in [0.1, 0.15) is 0 Å². The Bertz CT molecular complexity index is 1300. The zero-order chi connectivity index (χ0) is 32.5. The van der Waals surface area contributed by atoms with E-state index in [1.54, 1.807) is 48.5 Å². The van der Waals surface area contributed by atoms with Crippen molar-refractivity contribution in [1.82, 2.24) is 9.80 Å². The maximum atomic E-state index is 10.9. The number of aliphatic hydroxyl groups excluding tert-OH is 2. The molecule has 2 aliphatic rings. The largest absolute Gasteiger partial charge is 0.491 e. The van der Waals surface area contributed by atoms with Crippen LogP contribution in [0.15, 0.2) is 72.8 Å². The second-order valence-electron chi connectivity index (χ2n) is 11.5. The van der Waals surface area contributed by atoms with Gasteiger partial charge in [0, 0.05) is 101 Å². The van der Waals surface area contributed by atoms with Crippen LogP contribution in [0, 0.1) is 20.2 Å². The summed E-state index contributed by atoms with van der Waals surface area (Å²) in [5.41, 5.74) is 2.06. The molecule has 2 atom stereocenters. The molecule has 2 N–H and O–H groups in total. The van der Waals surface area contributed by atoms with Crippen molar-refractivity contribution in [2.45, 2.75) is 12.2 Å². The predicted molar refractivity (Wildman–Crippen MR) is 173 cm³/mol. The average molecular weight is 637 g/mol. The first kappa shape index (κ1) is 32.9. The monoisotopic (exact) mass is 636 g/mol. The predicted octanol–water partition coefficient (Wildman–Crippen LogP) is 2.63. The van der Waals surface area contributed by atoms with Crippen molar-refractivity contribution in [2.75, 3.05) is 88.5 Å². The fraction of sp³-hybridized carbons (Fsp3) is 0.438. The third-order valence-corrected chi connectivity index (χ3v) is 8.24. The Kier molecular flexibility index (Phi) is 11.2. The van der Waals surface area contributed by atoms with Crippen LogP contribution in [0.3, 0.4) is 0 Å². The molecule has 0 amide bonds. The summed E-state index contributed by atoms with van der Waals surface area (Å²) in [4.78, 5) is 29.7. The Hall–Kier alpha value is -4.50. The number of rotatable bonds is 14. The average Bonchev–Trinajstić information content (AvgIpc) is 3.07. The number of nitro groups is 2. The first-order valence-electron chi connectivity index (χ1n) is 15.4. The van der Waals surface area contributed by atoms with Crippen molar-refractivity contribution in [1.29, 1.82) is 0 Å². The van der Waals surface area contributed by atoms with Crippen LogP contribution >= 0.6 is 0 Å². The van der Waals surface area contributed by atoms with Crippen LogP contribution < -0.4 is 19.3 Å². The topological polar surface area (TPSA) is 158 Å². The molecular formula is C32H40N6O8. The van der Waals surface area contributed by atoms with Gasteiger partial charge in [-0.15, -0.1) is 0 Å². The molecule has 3 aromatic rings. The molecule has 2 saturated heterocycles. The highest BCUT2D eigenvalue weighted by atomic mass is 16.6. The minimum atomic E-state index is -0.659. The number of hydrogen-bond acceptors (Lipinski definition) is 12. The minimum Gasteiger partial charge on any atom is -0.491 e. The van der Waals surface area contributed by atoms with E-state index in [1.807, 2.05) is 0 Å². The molecule has 246 valence electrons. The lowest BCUT2D eigenvalue weighted by atomic mass is 10.2. The van der Waals surface area contributed by atoms with E-state index in [0.717, 1.165) is 63.7 Å². The summed E-state index contributed by atoms with van der Waals surface area (Å²) >= 11 is 0. The lowest BCUT2D eigenvalue weighted by Gasteiger charge is -2.36.